The Hall–Kier alpha value is -4.32. The third-order valence-electron chi connectivity index (χ3n) is 5.10. The first-order valence-corrected chi connectivity index (χ1v) is 10.6. The quantitative estimate of drug-likeness (QED) is 0.385. The molecule has 0 bridgehead atoms. The van der Waals surface area contributed by atoms with Gasteiger partial charge in [-0.3, -0.25) is 5.32 Å². The molecule has 34 heavy (non-hydrogen) atoms. The fraction of sp³-hybridized carbons (Fsp3) is 0.273. The van der Waals surface area contributed by atoms with Crippen LogP contribution in [0.15, 0.2) is 30.5 Å². The summed E-state index contributed by atoms with van der Waals surface area (Å²) in [7, 11) is 1.59. The number of ether oxygens (including phenoxy) is 2. The maximum absolute atomic E-state index is 5.58. The highest BCUT2D eigenvalue weighted by Crippen LogP contribution is 2.24. The van der Waals surface area contributed by atoms with Crippen LogP contribution < -0.4 is 10.1 Å². The van der Waals surface area contributed by atoms with Crippen molar-refractivity contribution >= 4 is 28.6 Å². The SMILES string of the molecule is CCOc1ccc2nc(Nc3nccc(-c4nnc5nc(COC)nn5c4C)n3)nc(C)c2c1. The fourth-order valence-corrected chi connectivity index (χ4v) is 3.55. The number of rotatable bonds is 7. The first-order valence-electron chi connectivity index (χ1n) is 10.6. The molecule has 12 heteroatoms. The molecule has 0 fully saturated rings. The zero-order valence-electron chi connectivity index (χ0n) is 19.1. The van der Waals surface area contributed by atoms with Crippen molar-refractivity contribution in [1.29, 1.82) is 0 Å². The van der Waals surface area contributed by atoms with Gasteiger partial charge in [-0.2, -0.15) is 9.50 Å². The average Bonchev–Trinajstić information content (AvgIpc) is 3.24. The summed E-state index contributed by atoms with van der Waals surface area (Å²) < 4.78 is 12.3. The molecule has 1 N–H and O–H groups in total. The highest BCUT2D eigenvalue weighted by molar-refractivity contribution is 5.83. The van der Waals surface area contributed by atoms with Crippen LogP contribution >= 0.6 is 0 Å². The Bertz CT molecular complexity index is 1500. The van der Waals surface area contributed by atoms with Crippen molar-refractivity contribution in [2.75, 3.05) is 19.0 Å². The molecule has 1 aromatic carbocycles. The molecular weight excluding hydrogens is 436 g/mol. The summed E-state index contributed by atoms with van der Waals surface area (Å²) in [5.74, 6) is 2.44. The van der Waals surface area contributed by atoms with Gasteiger partial charge >= 0.3 is 0 Å². The van der Waals surface area contributed by atoms with Gasteiger partial charge in [-0.25, -0.2) is 19.9 Å². The molecule has 5 rings (SSSR count). The van der Waals surface area contributed by atoms with Crippen molar-refractivity contribution < 1.29 is 9.47 Å². The molecule has 0 unspecified atom stereocenters. The maximum atomic E-state index is 5.58. The van der Waals surface area contributed by atoms with Gasteiger partial charge in [-0.1, -0.05) is 0 Å². The number of hydrogen-bond donors (Lipinski definition) is 1. The van der Waals surface area contributed by atoms with Crippen molar-refractivity contribution in [3.05, 3.63) is 47.7 Å². The van der Waals surface area contributed by atoms with Crippen LogP contribution in [0.5, 0.6) is 5.75 Å². The number of nitrogens with one attached hydrogen (secondary N) is 1. The molecule has 5 aromatic rings. The summed E-state index contributed by atoms with van der Waals surface area (Å²) in [4.78, 5) is 22.4. The normalized spacial score (nSPS) is 11.3. The van der Waals surface area contributed by atoms with Gasteiger partial charge in [0.05, 0.1) is 29.2 Å². The van der Waals surface area contributed by atoms with Crippen LogP contribution in [0.3, 0.4) is 0 Å². The third-order valence-corrected chi connectivity index (χ3v) is 5.10. The molecule has 0 saturated heterocycles. The summed E-state index contributed by atoms with van der Waals surface area (Å²) in [6.07, 6.45) is 1.63. The van der Waals surface area contributed by atoms with Gasteiger partial charge in [-0.05, 0) is 45.0 Å². The number of benzene rings is 1. The minimum Gasteiger partial charge on any atom is -0.494 e. The lowest BCUT2D eigenvalue weighted by molar-refractivity contribution is 0.178. The number of aromatic nitrogens is 9. The number of hydrogen-bond acceptors (Lipinski definition) is 11. The van der Waals surface area contributed by atoms with Crippen molar-refractivity contribution in [3.63, 3.8) is 0 Å². The second-order valence-electron chi connectivity index (χ2n) is 7.44. The molecule has 0 spiro atoms. The molecule has 172 valence electrons. The van der Waals surface area contributed by atoms with Crippen molar-refractivity contribution in [3.8, 4) is 17.1 Å². The van der Waals surface area contributed by atoms with E-state index in [1.54, 1.807) is 23.9 Å². The zero-order valence-corrected chi connectivity index (χ0v) is 19.1. The molecule has 4 aromatic heterocycles. The Kier molecular flexibility index (Phi) is 5.64. The van der Waals surface area contributed by atoms with Crippen LogP contribution in [0.4, 0.5) is 11.9 Å². The fourth-order valence-electron chi connectivity index (χ4n) is 3.55. The van der Waals surface area contributed by atoms with Gasteiger partial charge in [0, 0.05) is 18.7 Å². The van der Waals surface area contributed by atoms with E-state index < -0.39 is 0 Å². The van der Waals surface area contributed by atoms with Gasteiger partial charge in [0.2, 0.25) is 11.9 Å². The Labute approximate surface area is 194 Å². The summed E-state index contributed by atoms with van der Waals surface area (Å²) >= 11 is 0. The Morgan fingerprint density at radius 3 is 2.71 bits per heavy atom. The van der Waals surface area contributed by atoms with Gasteiger partial charge in [0.15, 0.2) is 5.82 Å². The van der Waals surface area contributed by atoms with Crippen molar-refractivity contribution in [1.82, 2.24) is 44.7 Å². The first kappa shape index (κ1) is 21.5. The van der Waals surface area contributed by atoms with E-state index in [2.05, 4.69) is 45.5 Å². The molecule has 0 atom stereocenters. The van der Waals surface area contributed by atoms with E-state index in [0.29, 0.717) is 41.5 Å². The molecule has 0 radical (unpaired) electrons. The molecule has 12 nitrogen and oxygen atoms in total. The van der Waals surface area contributed by atoms with Crippen LogP contribution in [0.25, 0.3) is 28.1 Å². The highest BCUT2D eigenvalue weighted by atomic mass is 16.5. The lowest BCUT2D eigenvalue weighted by Crippen LogP contribution is -2.06. The average molecular weight is 458 g/mol. The van der Waals surface area contributed by atoms with E-state index in [-0.39, 0.29) is 6.61 Å². The van der Waals surface area contributed by atoms with Gasteiger partial charge < -0.3 is 9.47 Å². The standard InChI is InChI=1S/C22H22N10O2/c1-5-34-14-6-7-16-15(10-14)12(2)24-21(25-16)28-20-23-9-8-17(26-20)19-13(3)32-22(30-29-19)27-18(31-32)11-33-4/h6-10H,5,11H2,1-4H3,(H,23,24,25,26,28). The van der Waals surface area contributed by atoms with Crippen molar-refractivity contribution in [2.24, 2.45) is 0 Å². The van der Waals surface area contributed by atoms with E-state index >= 15 is 0 Å². The lowest BCUT2D eigenvalue weighted by atomic mass is 10.2. The minimum absolute atomic E-state index is 0.290. The van der Waals surface area contributed by atoms with E-state index in [9.17, 15) is 0 Å². The monoisotopic (exact) mass is 458 g/mol. The second-order valence-corrected chi connectivity index (χ2v) is 7.44. The second kappa shape index (κ2) is 8.90. The zero-order chi connectivity index (χ0) is 23.7. The molecule has 0 aliphatic rings. The summed E-state index contributed by atoms with van der Waals surface area (Å²) in [6, 6.07) is 7.48. The van der Waals surface area contributed by atoms with E-state index in [0.717, 1.165) is 28.0 Å². The number of anilines is 2. The van der Waals surface area contributed by atoms with Crippen LogP contribution in [-0.2, 0) is 11.3 Å². The Balaban J connectivity index is 1.46. The summed E-state index contributed by atoms with van der Waals surface area (Å²) in [5, 5.41) is 16.9. The lowest BCUT2D eigenvalue weighted by Gasteiger charge is -2.10. The highest BCUT2D eigenvalue weighted by Gasteiger charge is 2.15. The topological polar surface area (TPSA) is 138 Å². The maximum Gasteiger partial charge on any atom is 0.272 e. The third kappa shape index (κ3) is 4.06. The van der Waals surface area contributed by atoms with E-state index in [1.807, 2.05) is 39.0 Å². The summed E-state index contributed by atoms with van der Waals surface area (Å²) in [6.45, 7) is 6.64. The molecular formula is C22H22N10O2. The number of aryl methyl sites for hydroxylation is 2. The van der Waals surface area contributed by atoms with Crippen LogP contribution in [-0.4, -0.2) is 58.4 Å². The number of methoxy groups -OCH3 is 1. The van der Waals surface area contributed by atoms with Crippen molar-refractivity contribution in [2.45, 2.75) is 27.4 Å². The number of fused-ring (bicyclic) bond motifs is 2. The van der Waals surface area contributed by atoms with E-state index in [4.69, 9.17) is 9.47 Å². The predicted molar refractivity (Wildman–Crippen MR) is 124 cm³/mol. The molecule has 0 saturated carbocycles. The van der Waals surface area contributed by atoms with Crippen LogP contribution in [0.1, 0.15) is 24.1 Å². The van der Waals surface area contributed by atoms with E-state index in [1.165, 1.54) is 0 Å². The molecule has 4 heterocycles. The molecule has 0 aliphatic carbocycles. The minimum atomic E-state index is 0.290. The largest absolute Gasteiger partial charge is 0.494 e. The molecule has 0 aliphatic heterocycles. The molecule has 0 amide bonds. The Morgan fingerprint density at radius 1 is 1.00 bits per heavy atom. The van der Waals surface area contributed by atoms with Crippen LogP contribution in [0, 0.1) is 13.8 Å². The smallest absolute Gasteiger partial charge is 0.272 e. The first-order chi connectivity index (χ1) is 16.6. The van der Waals surface area contributed by atoms with Gasteiger partial charge in [0.1, 0.15) is 18.1 Å². The van der Waals surface area contributed by atoms with Crippen LogP contribution in [0.2, 0.25) is 0 Å². The predicted octanol–water partition coefficient (Wildman–Crippen LogP) is 2.83. The number of nitrogens with zero attached hydrogens (tertiary/aromatic N) is 9. The summed E-state index contributed by atoms with van der Waals surface area (Å²) in [5.41, 5.74) is 3.49. The van der Waals surface area contributed by atoms with Gasteiger partial charge in [0.25, 0.3) is 5.78 Å². The Morgan fingerprint density at radius 2 is 1.88 bits per heavy atom. The van der Waals surface area contributed by atoms with Gasteiger partial charge in [-0.15, -0.1) is 15.3 Å².